The van der Waals surface area contributed by atoms with Crippen LogP contribution in [0.1, 0.15) is 27.7 Å². The number of amides is 1. The zero-order valence-corrected chi connectivity index (χ0v) is 8.61. The number of carbonyl (C=O) groups is 1. The first-order valence-corrected chi connectivity index (χ1v) is 4.21. The number of alkyl halides is 1. The molecule has 0 aliphatic carbocycles. The Labute approximate surface area is 74.3 Å². The van der Waals surface area contributed by atoms with Gasteiger partial charge in [0.1, 0.15) is 13.3 Å². The predicted molar refractivity (Wildman–Crippen MR) is 49.1 cm³/mol. The summed E-state index contributed by atoms with van der Waals surface area (Å²) in [5.74, 6) is 0. The summed E-state index contributed by atoms with van der Waals surface area (Å²) in [7, 11) is 1.42. The lowest BCUT2D eigenvalue weighted by Gasteiger charge is -1.97. The van der Waals surface area contributed by atoms with Crippen LogP contribution in [0, 0.1) is 0 Å². The van der Waals surface area contributed by atoms with E-state index in [1.54, 1.807) is 0 Å². The maximum Gasteiger partial charge on any atom is 0.406 e. The van der Waals surface area contributed by atoms with Crippen LogP contribution < -0.4 is 5.32 Å². The smallest absolute Gasteiger partial charge is 0.406 e. The van der Waals surface area contributed by atoms with E-state index in [9.17, 15) is 9.18 Å². The number of hydrogen-bond acceptors (Lipinski definition) is 2. The van der Waals surface area contributed by atoms with Crippen molar-refractivity contribution >= 4 is 6.09 Å². The molecule has 12 heavy (non-hydrogen) atoms. The van der Waals surface area contributed by atoms with Gasteiger partial charge in [0.15, 0.2) is 0 Å². The fourth-order valence-corrected chi connectivity index (χ4v) is 0.203. The molecule has 0 aromatic rings. The molecule has 0 spiro atoms. The molecule has 0 bridgehead atoms. The summed E-state index contributed by atoms with van der Waals surface area (Å²) < 4.78 is 15.4. The lowest BCUT2D eigenvalue weighted by atomic mass is 10.8. The Morgan fingerprint density at radius 2 is 1.75 bits per heavy atom. The number of halogens is 1. The maximum atomic E-state index is 11.2. The highest BCUT2D eigenvalue weighted by atomic mass is 19.1. The average Bonchev–Trinajstić information content (AvgIpc) is 2.20. The van der Waals surface area contributed by atoms with Crippen molar-refractivity contribution in [3.05, 3.63) is 0 Å². The SMILES string of the molecule is CC.CC.CNC(=O)OCCF. The summed E-state index contributed by atoms with van der Waals surface area (Å²) in [5.41, 5.74) is 0. The van der Waals surface area contributed by atoms with Crippen LogP contribution >= 0.6 is 0 Å². The third-order valence-corrected chi connectivity index (χ3v) is 0.514. The molecule has 1 N–H and O–H groups in total. The molecule has 0 saturated carbocycles. The zero-order chi connectivity index (χ0) is 10.4. The number of alkyl carbamates (subject to hydrolysis) is 1. The average molecular weight is 181 g/mol. The number of nitrogens with one attached hydrogen (secondary N) is 1. The van der Waals surface area contributed by atoms with Crippen molar-refractivity contribution in [1.82, 2.24) is 5.32 Å². The second-order valence-corrected chi connectivity index (χ2v) is 1.07. The van der Waals surface area contributed by atoms with Crippen LogP contribution in [-0.4, -0.2) is 26.4 Å². The van der Waals surface area contributed by atoms with Gasteiger partial charge in [-0.3, -0.25) is 0 Å². The van der Waals surface area contributed by atoms with Gasteiger partial charge in [0.25, 0.3) is 0 Å². The molecule has 0 fully saturated rings. The summed E-state index contributed by atoms with van der Waals surface area (Å²) in [6.45, 7) is 7.20. The first kappa shape index (κ1) is 17.3. The summed E-state index contributed by atoms with van der Waals surface area (Å²) >= 11 is 0. The van der Waals surface area contributed by atoms with Gasteiger partial charge >= 0.3 is 6.09 Å². The fourth-order valence-electron chi connectivity index (χ4n) is 0.203. The van der Waals surface area contributed by atoms with Crippen LogP contribution in [-0.2, 0) is 4.74 Å². The Morgan fingerprint density at radius 1 is 1.33 bits per heavy atom. The number of hydrogen-bond donors (Lipinski definition) is 1. The minimum Gasteiger partial charge on any atom is -0.447 e. The molecular weight excluding hydrogens is 161 g/mol. The Bertz CT molecular complexity index is 79.5. The van der Waals surface area contributed by atoms with Gasteiger partial charge in [0.05, 0.1) is 0 Å². The first-order valence-electron chi connectivity index (χ1n) is 4.21. The predicted octanol–water partition coefficient (Wildman–Crippen LogP) is 2.36. The largest absolute Gasteiger partial charge is 0.447 e. The van der Waals surface area contributed by atoms with Crippen LogP contribution in [0.25, 0.3) is 0 Å². The monoisotopic (exact) mass is 181 g/mol. The highest BCUT2D eigenvalue weighted by Crippen LogP contribution is 1.75. The van der Waals surface area contributed by atoms with Crippen LogP contribution in [0.2, 0.25) is 0 Å². The van der Waals surface area contributed by atoms with E-state index in [0.717, 1.165) is 0 Å². The number of carbonyl (C=O) groups excluding carboxylic acids is 1. The van der Waals surface area contributed by atoms with E-state index < -0.39 is 12.8 Å². The molecule has 0 atom stereocenters. The van der Waals surface area contributed by atoms with Gasteiger partial charge in [-0.05, 0) is 0 Å². The molecular formula is C8H20FNO2. The lowest BCUT2D eigenvalue weighted by molar-refractivity contribution is 0.140. The van der Waals surface area contributed by atoms with E-state index in [2.05, 4.69) is 10.1 Å². The summed E-state index contributed by atoms with van der Waals surface area (Å²) in [5, 5.41) is 2.17. The molecule has 0 aromatic carbocycles. The van der Waals surface area contributed by atoms with Crippen molar-refractivity contribution in [3.8, 4) is 0 Å². The van der Waals surface area contributed by atoms with E-state index in [-0.39, 0.29) is 6.61 Å². The van der Waals surface area contributed by atoms with Crippen molar-refractivity contribution in [2.45, 2.75) is 27.7 Å². The van der Waals surface area contributed by atoms with E-state index in [0.29, 0.717) is 0 Å². The van der Waals surface area contributed by atoms with Crippen molar-refractivity contribution < 1.29 is 13.9 Å². The molecule has 3 nitrogen and oxygen atoms in total. The van der Waals surface area contributed by atoms with Crippen molar-refractivity contribution in [3.63, 3.8) is 0 Å². The molecule has 0 heterocycles. The Balaban J connectivity index is -0.000000175. The standard InChI is InChI=1S/C4H8FNO2.2C2H6/c1-6-4(7)8-3-2-5;2*1-2/h2-3H2,1H3,(H,6,7);2*1-2H3. The van der Waals surface area contributed by atoms with Crippen molar-refractivity contribution in [2.75, 3.05) is 20.3 Å². The van der Waals surface area contributed by atoms with Gasteiger partial charge in [-0.25, -0.2) is 9.18 Å². The normalized spacial score (nSPS) is 6.50. The number of rotatable bonds is 2. The van der Waals surface area contributed by atoms with E-state index in [1.807, 2.05) is 27.7 Å². The summed E-state index contributed by atoms with van der Waals surface area (Å²) in [6.07, 6.45) is -0.595. The molecule has 0 saturated heterocycles. The molecule has 76 valence electrons. The van der Waals surface area contributed by atoms with E-state index in [1.165, 1.54) is 7.05 Å². The van der Waals surface area contributed by atoms with Gasteiger partial charge < -0.3 is 10.1 Å². The lowest BCUT2D eigenvalue weighted by Crippen LogP contribution is -2.20. The van der Waals surface area contributed by atoms with Crippen molar-refractivity contribution in [2.24, 2.45) is 0 Å². The highest BCUT2D eigenvalue weighted by Gasteiger charge is 1.93. The second kappa shape index (κ2) is 22.5. The van der Waals surface area contributed by atoms with Crippen molar-refractivity contribution in [1.29, 1.82) is 0 Å². The van der Waals surface area contributed by atoms with Crippen LogP contribution in [0.3, 0.4) is 0 Å². The van der Waals surface area contributed by atoms with Gasteiger partial charge in [-0.2, -0.15) is 0 Å². The van der Waals surface area contributed by atoms with Gasteiger partial charge in [0.2, 0.25) is 0 Å². The molecule has 1 amide bonds. The Kier molecular flexibility index (Phi) is 32.4. The third kappa shape index (κ3) is 22.9. The number of ether oxygens (including phenoxy) is 1. The third-order valence-electron chi connectivity index (χ3n) is 0.514. The molecule has 0 unspecified atom stereocenters. The second-order valence-electron chi connectivity index (χ2n) is 1.07. The van der Waals surface area contributed by atoms with Gasteiger partial charge in [0, 0.05) is 7.05 Å². The molecule has 4 heteroatoms. The minimum absolute atomic E-state index is 0.167. The molecule has 0 aliphatic rings. The van der Waals surface area contributed by atoms with E-state index >= 15 is 0 Å². The highest BCUT2D eigenvalue weighted by molar-refractivity contribution is 5.66. The van der Waals surface area contributed by atoms with Crippen LogP contribution in [0.15, 0.2) is 0 Å². The summed E-state index contributed by atoms with van der Waals surface area (Å²) in [4.78, 5) is 10.1. The Hall–Kier alpha value is -0.800. The summed E-state index contributed by atoms with van der Waals surface area (Å²) in [6, 6.07) is 0. The zero-order valence-electron chi connectivity index (χ0n) is 8.61. The molecule has 0 radical (unpaired) electrons. The molecule has 0 rings (SSSR count). The Morgan fingerprint density at radius 3 is 2.00 bits per heavy atom. The molecule has 0 aliphatic heterocycles. The van der Waals surface area contributed by atoms with Gasteiger partial charge in [-0.15, -0.1) is 0 Å². The quantitative estimate of drug-likeness (QED) is 0.710. The van der Waals surface area contributed by atoms with Crippen LogP contribution in [0.4, 0.5) is 9.18 Å². The fraction of sp³-hybridized carbons (Fsp3) is 0.875. The minimum atomic E-state index is -0.632. The van der Waals surface area contributed by atoms with Crippen LogP contribution in [0.5, 0.6) is 0 Å². The molecule has 0 aromatic heterocycles. The topological polar surface area (TPSA) is 38.3 Å². The van der Waals surface area contributed by atoms with E-state index in [4.69, 9.17) is 0 Å². The maximum absolute atomic E-state index is 11.2. The first-order chi connectivity index (χ1) is 5.81. The van der Waals surface area contributed by atoms with Gasteiger partial charge in [-0.1, -0.05) is 27.7 Å².